The van der Waals surface area contributed by atoms with E-state index in [-0.39, 0.29) is 24.3 Å². The molecule has 0 aromatic heterocycles. The Bertz CT molecular complexity index is 317. The first kappa shape index (κ1) is 13.2. The van der Waals surface area contributed by atoms with Crippen molar-refractivity contribution in [2.75, 3.05) is 25.1 Å². The number of hydrogen-bond acceptors (Lipinski definition) is 3. The highest BCUT2D eigenvalue weighted by atomic mass is 32.2. The average molecular weight is 246 g/mol. The Labute approximate surface area is 98.0 Å². The van der Waals surface area contributed by atoms with Crippen molar-refractivity contribution >= 4 is 22.6 Å². The zero-order valence-electron chi connectivity index (χ0n) is 9.86. The van der Waals surface area contributed by atoms with Crippen LogP contribution >= 0.6 is 0 Å². The van der Waals surface area contributed by atoms with Gasteiger partial charge in [0.15, 0.2) is 0 Å². The number of carbonyl (C=O) groups excluding carboxylic acids is 2. The first-order valence-electron chi connectivity index (χ1n) is 5.30. The quantitative estimate of drug-likeness (QED) is 0.716. The van der Waals surface area contributed by atoms with E-state index in [1.54, 1.807) is 11.2 Å². The summed E-state index contributed by atoms with van der Waals surface area (Å²) in [6.07, 6.45) is 1.60. The van der Waals surface area contributed by atoms with Crippen molar-refractivity contribution in [1.82, 2.24) is 10.2 Å². The summed E-state index contributed by atoms with van der Waals surface area (Å²) in [5.74, 6) is 0.275. The fourth-order valence-electron chi connectivity index (χ4n) is 1.82. The third kappa shape index (κ3) is 3.04. The molecule has 0 aromatic rings. The lowest BCUT2D eigenvalue weighted by atomic mass is 9.99. The maximum Gasteiger partial charge on any atom is 0.243 e. The Morgan fingerprint density at radius 2 is 2.12 bits per heavy atom. The molecule has 0 saturated carbocycles. The first-order chi connectivity index (χ1) is 7.43. The van der Waals surface area contributed by atoms with Crippen molar-refractivity contribution in [3.63, 3.8) is 0 Å². The van der Waals surface area contributed by atoms with Gasteiger partial charge in [-0.05, 0) is 5.92 Å². The van der Waals surface area contributed by atoms with Gasteiger partial charge >= 0.3 is 0 Å². The molecule has 1 aliphatic heterocycles. The van der Waals surface area contributed by atoms with Crippen LogP contribution in [0.4, 0.5) is 0 Å². The van der Waals surface area contributed by atoms with Gasteiger partial charge in [0.1, 0.15) is 6.04 Å². The number of amides is 2. The number of hydrogen-bond donors (Lipinski definition) is 1. The minimum atomic E-state index is -0.947. The second kappa shape index (κ2) is 5.43. The Balaban J connectivity index is 2.76. The van der Waals surface area contributed by atoms with Gasteiger partial charge in [-0.15, -0.1) is 0 Å². The Morgan fingerprint density at radius 3 is 2.62 bits per heavy atom. The van der Waals surface area contributed by atoms with Crippen LogP contribution < -0.4 is 5.32 Å². The van der Waals surface area contributed by atoms with Crippen LogP contribution in [-0.4, -0.2) is 52.1 Å². The summed E-state index contributed by atoms with van der Waals surface area (Å²) in [4.78, 5) is 24.9. The van der Waals surface area contributed by atoms with E-state index >= 15 is 0 Å². The number of rotatable bonds is 4. The third-order valence-corrected chi connectivity index (χ3v) is 3.35. The largest absolute Gasteiger partial charge is 0.345 e. The van der Waals surface area contributed by atoms with E-state index in [2.05, 4.69) is 5.32 Å². The smallest absolute Gasteiger partial charge is 0.243 e. The molecular weight excluding hydrogens is 228 g/mol. The summed E-state index contributed by atoms with van der Waals surface area (Å²) >= 11 is 0. The standard InChI is InChI=1S/C10H18N2O3S/c1-7(2)9-10(14)11-6-8(13)12(9)4-5-16(3)15/h7,9H,4-6H2,1-3H3,(H,11,14). The van der Waals surface area contributed by atoms with E-state index in [9.17, 15) is 13.8 Å². The van der Waals surface area contributed by atoms with Crippen molar-refractivity contribution < 1.29 is 13.8 Å². The van der Waals surface area contributed by atoms with Gasteiger partial charge in [0, 0.05) is 29.4 Å². The molecule has 0 radical (unpaired) electrons. The molecule has 1 N–H and O–H groups in total. The summed E-state index contributed by atoms with van der Waals surface area (Å²) in [6.45, 7) is 4.24. The first-order valence-corrected chi connectivity index (χ1v) is 7.03. The highest BCUT2D eigenvalue weighted by Crippen LogP contribution is 2.14. The maximum absolute atomic E-state index is 11.7. The van der Waals surface area contributed by atoms with Crippen LogP contribution in [0.5, 0.6) is 0 Å². The van der Waals surface area contributed by atoms with Crippen LogP contribution in [0.2, 0.25) is 0 Å². The van der Waals surface area contributed by atoms with E-state index in [4.69, 9.17) is 0 Å². The molecule has 2 amide bonds. The summed E-state index contributed by atoms with van der Waals surface area (Å²) < 4.78 is 11.0. The van der Waals surface area contributed by atoms with Gasteiger partial charge in [0.25, 0.3) is 0 Å². The minimum Gasteiger partial charge on any atom is -0.345 e. The van der Waals surface area contributed by atoms with E-state index < -0.39 is 16.8 Å². The molecule has 92 valence electrons. The molecule has 5 nitrogen and oxygen atoms in total. The summed E-state index contributed by atoms with van der Waals surface area (Å²) in [7, 11) is -0.947. The summed E-state index contributed by atoms with van der Waals surface area (Å²) in [5, 5.41) is 2.57. The lowest BCUT2D eigenvalue weighted by Crippen LogP contribution is -2.60. The molecule has 1 fully saturated rings. The number of nitrogens with zero attached hydrogens (tertiary/aromatic N) is 1. The maximum atomic E-state index is 11.7. The fraction of sp³-hybridized carbons (Fsp3) is 0.800. The molecule has 0 spiro atoms. The molecule has 1 saturated heterocycles. The van der Waals surface area contributed by atoms with E-state index in [0.29, 0.717) is 12.3 Å². The summed E-state index contributed by atoms with van der Waals surface area (Å²) in [5.41, 5.74) is 0. The van der Waals surface area contributed by atoms with E-state index in [1.807, 2.05) is 13.8 Å². The normalized spacial score (nSPS) is 23.5. The molecule has 1 rings (SSSR count). The topological polar surface area (TPSA) is 66.5 Å². The zero-order chi connectivity index (χ0) is 12.3. The summed E-state index contributed by atoms with van der Waals surface area (Å²) in [6, 6.07) is -0.426. The molecule has 1 heterocycles. The van der Waals surface area contributed by atoms with Gasteiger partial charge in [-0.25, -0.2) is 0 Å². The second-order valence-corrected chi connectivity index (χ2v) is 5.83. The number of carbonyl (C=O) groups is 2. The van der Waals surface area contributed by atoms with Crippen molar-refractivity contribution in [3.8, 4) is 0 Å². The Hall–Kier alpha value is -0.910. The van der Waals surface area contributed by atoms with Crippen LogP contribution in [0.1, 0.15) is 13.8 Å². The van der Waals surface area contributed by atoms with Crippen molar-refractivity contribution in [2.24, 2.45) is 5.92 Å². The molecular formula is C10H18N2O3S. The molecule has 0 aromatic carbocycles. The van der Waals surface area contributed by atoms with Crippen LogP contribution in [0.15, 0.2) is 0 Å². The Morgan fingerprint density at radius 1 is 1.50 bits per heavy atom. The average Bonchev–Trinajstić information content (AvgIpc) is 2.18. The number of piperazine rings is 1. The molecule has 1 aliphatic rings. The van der Waals surface area contributed by atoms with Gasteiger partial charge in [-0.3, -0.25) is 13.8 Å². The molecule has 0 aliphatic carbocycles. The van der Waals surface area contributed by atoms with Gasteiger partial charge in [0.05, 0.1) is 6.54 Å². The molecule has 2 atom stereocenters. The van der Waals surface area contributed by atoms with Crippen LogP contribution in [-0.2, 0) is 20.4 Å². The van der Waals surface area contributed by atoms with Gasteiger partial charge in [0.2, 0.25) is 11.8 Å². The van der Waals surface area contributed by atoms with E-state index in [0.717, 1.165) is 0 Å². The lowest BCUT2D eigenvalue weighted by molar-refractivity contribution is -0.147. The monoisotopic (exact) mass is 246 g/mol. The minimum absolute atomic E-state index is 0.0540. The lowest BCUT2D eigenvalue weighted by Gasteiger charge is -2.37. The molecule has 0 bridgehead atoms. The van der Waals surface area contributed by atoms with E-state index in [1.165, 1.54) is 0 Å². The molecule has 16 heavy (non-hydrogen) atoms. The number of nitrogens with one attached hydrogen (secondary N) is 1. The zero-order valence-corrected chi connectivity index (χ0v) is 10.7. The molecule has 2 unspecified atom stereocenters. The second-order valence-electron chi connectivity index (χ2n) is 4.27. The van der Waals surface area contributed by atoms with Gasteiger partial charge < -0.3 is 10.2 Å². The highest BCUT2D eigenvalue weighted by Gasteiger charge is 2.36. The predicted molar refractivity (Wildman–Crippen MR) is 62.3 cm³/mol. The SMILES string of the molecule is CC(C)C1C(=O)NCC(=O)N1CCS(C)=O. The Kier molecular flexibility index (Phi) is 4.46. The van der Waals surface area contributed by atoms with Gasteiger partial charge in [-0.2, -0.15) is 0 Å². The third-order valence-electron chi connectivity index (χ3n) is 2.59. The predicted octanol–water partition coefficient (Wildman–Crippen LogP) is -0.652. The van der Waals surface area contributed by atoms with Crippen LogP contribution in [0.25, 0.3) is 0 Å². The molecule has 6 heteroatoms. The van der Waals surface area contributed by atoms with Crippen molar-refractivity contribution in [1.29, 1.82) is 0 Å². The van der Waals surface area contributed by atoms with Crippen LogP contribution in [0.3, 0.4) is 0 Å². The highest BCUT2D eigenvalue weighted by molar-refractivity contribution is 7.84. The van der Waals surface area contributed by atoms with Gasteiger partial charge in [-0.1, -0.05) is 13.8 Å². The van der Waals surface area contributed by atoms with Crippen molar-refractivity contribution in [3.05, 3.63) is 0 Å². The fourth-order valence-corrected chi connectivity index (χ4v) is 2.27. The van der Waals surface area contributed by atoms with Crippen LogP contribution in [0, 0.1) is 5.92 Å². The van der Waals surface area contributed by atoms with Crippen molar-refractivity contribution in [2.45, 2.75) is 19.9 Å².